The van der Waals surface area contributed by atoms with Gasteiger partial charge in [0.1, 0.15) is 16.4 Å². The number of anilines is 1. The molecule has 2 aromatic rings. The second-order valence-electron chi connectivity index (χ2n) is 5.10. The molecule has 116 valence electrons. The van der Waals surface area contributed by atoms with Crippen LogP contribution >= 0.6 is 0 Å². The van der Waals surface area contributed by atoms with Crippen LogP contribution in [0.15, 0.2) is 41.4 Å². The number of sulfonamides is 1. The summed E-state index contributed by atoms with van der Waals surface area (Å²) in [5.41, 5.74) is 0.459. The summed E-state index contributed by atoms with van der Waals surface area (Å²) in [6.07, 6.45) is 1.42. The van der Waals surface area contributed by atoms with E-state index < -0.39 is 15.8 Å². The first-order chi connectivity index (χ1) is 10.4. The van der Waals surface area contributed by atoms with Gasteiger partial charge in [0, 0.05) is 26.3 Å². The fourth-order valence-corrected chi connectivity index (χ4v) is 3.40. The van der Waals surface area contributed by atoms with Crippen molar-refractivity contribution in [3.8, 4) is 0 Å². The van der Waals surface area contributed by atoms with Crippen molar-refractivity contribution >= 4 is 21.6 Å². The maximum Gasteiger partial charge on any atom is 0.270 e. The van der Waals surface area contributed by atoms with Crippen molar-refractivity contribution in [1.82, 2.24) is 9.47 Å². The lowest BCUT2D eigenvalue weighted by atomic mass is 10.3. The molecule has 22 heavy (non-hydrogen) atoms. The largest absolute Gasteiger partial charge is 0.340 e. The van der Waals surface area contributed by atoms with Crippen molar-refractivity contribution in [2.75, 3.05) is 18.3 Å². The second kappa shape index (κ2) is 5.13. The van der Waals surface area contributed by atoms with Crippen molar-refractivity contribution in [2.24, 2.45) is 0 Å². The van der Waals surface area contributed by atoms with Crippen LogP contribution in [0.5, 0.6) is 0 Å². The normalized spacial score (nSPS) is 14.8. The molecule has 1 aliphatic rings. The zero-order valence-electron chi connectivity index (χ0n) is 11.8. The average Bonchev–Trinajstić information content (AvgIpc) is 2.88. The lowest BCUT2D eigenvalue weighted by Gasteiger charge is -2.23. The van der Waals surface area contributed by atoms with Gasteiger partial charge < -0.3 is 9.47 Å². The van der Waals surface area contributed by atoms with Gasteiger partial charge in [0.15, 0.2) is 0 Å². The molecule has 0 radical (unpaired) electrons. The number of carbonyl (C=O) groups is 1. The second-order valence-corrected chi connectivity index (χ2v) is 6.78. The molecular formula is C14H14FN3O3S. The summed E-state index contributed by atoms with van der Waals surface area (Å²) in [7, 11) is -2.21. The minimum absolute atomic E-state index is 0.0181. The summed E-state index contributed by atoms with van der Waals surface area (Å²) in [6.45, 7) is 1.06. The molecular weight excluding hydrogens is 309 g/mol. The molecule has 0 saturated heterocycles. The summed E-state index contributed by atoms with van der Waals surface area (Å²) in [6, 6.07) is 6.52. The molecule has 0 spiro atoms. The van der Waals surface area contributed by atoms with Gasteiger partial charge in [-0.15, -0.1) is 0 Å². The fraction of sp³-hybridized carbons (Fsp3) is 0.214. The van der Waals surface area contributed by atoms with Crippen molar-refractivity contribution in [3.63, 3.8) is 0 Å². The van der Waals surface area contributed by atoms with E-state index in [2.05, 4.69) is 4.72 Å². The number of nitrogens with one attached hydrogen (secondary N) is 1. The van der Waals surface area contributed by atoms with E-state index in [1.54, 1.807) is 11.6 Å². The minimum Gasteiger partial charge on any atom is -0.340 e. The Hall–Kier alpha value is -2.35. The highest BCUT2D eigenvalue weighted by molar-refractivity contribution is 7.92. The van der Waals surface area contributed by atoms with Crippen LogP contribution in [0.2, 0.25) is 0 Å². The number of fused-ring (bicyclic) bond motifs is 1. The maximum atomic E-state index is 13.1. The zero-order chi connectivity index (χ0) is 15.9. The Bertz CT molecular complexity index is 845. The van der Waals surface area contributed by atoms with Crippen LogP contribution in [-0.2, 0) is 16.6 Å². The van der Waals surface area contributed by atoms with Crippen molar-refractivity contribution < 1.29 is 17.6 Å². The molecule has 3 rings (SSSR count). The monoisotopic (exact) mass is 323 g/mol. The van der Waals surface area contributed by atoms with E-state index in [1.165, 1.54) is 35.4 Å². The number of benzene rings is 1. The number of rotatable bonds is 3. The molecule has 0 aliphatic carbocycles. The molecule has 0 unspecified atom stereocenters. The molecule has 8 heteroatoms. The van der Waals surface area contributed by atoms with Gasteiger partial charge in [-0.1, -0.05) is 6.07 Å². The highest BCUT2D eigenvalue weighted by Gasteiger charge is 2.26. The van der Waals surface area contributed by atoms with E-state index in [0.717, 1.165) is 6.07 Å². The molecule has 0 atom stereocenters. The van der Waals surface area contributed by atoms with Crippen molar-refractivity contribution in [1.29, 1.82) is 0 Å². The van der Waals surface area contributed by atoms with Gasteiger partial charge in [-0.05, 0) is 24.3 Å². The first-order valence-corrected chi connectivity index (χ1v) is 8.09. The van der Waals surface area contributed by atoms with Gasteiger partial charge in [-0.2, -0.15) is 0 Å². The number of aromatic nitrogens is 1. The van der Waals surface area contributed by atoms with Gasteiger partial charge in [0.25, 0.3) is 15.9 Å². The van der Waals surface area contributed by atoms with Crippen LogP contribution in [0, 0.1) is 5.82 Å². The molecule has 1 aromatic heterocycles. The summed E-state index contributed by atoms with van der Waals surface area (Å²) in [5.74, 6) is -0.758. The van der Waals surface area contributed by atoms with Crippen LogP contribution in [0.1, 0.15) is 10.5 Å². The van der Waals surface area contributed by atoms with Crippen LogP contribution < -0.4 is 4.72 Å². The molecule has 1 amide bonds. The van der Waals surface area contributed by atoms with E-state index in [9.17, 15) is 17.6 Å². The van der Waals surface area contributed by atoms with E-state index in [1.807, 2.05) is 0 Å². The molecule has 0 saturated carbocycles. The molecule has 1 N–H and O–H groups in total. The van der Waals surface area contributed by atoms with Crippen LogP contribution in [0.25, 0.3) is 0 Å². The van der Waals surface area contributed by atoms with E-state index >= 15 is 0 Å². The molecule has 0 fully saturated rings. The quantitative estimate of drug-likeness (QED) is 0.931. The number of amides is 1. The Balaban J connectivity index is 1.94. The maximum absolute atomic E-state index is 13.1. The summed E-state index contributed by atoms with van der Waals surface area (Å²) in [5, 5.41) is 0. The summed E-state index contributed by atoms with van der Waals surface area (Å²) in [4.78, 5) is 13.5. The predicted octanol–water partition coefficient (Wildman–Crippen LogP) is 1.51. The minimum atomic E-state index is -3.87. The molecule has 2 heterocycles. The summed E-state index contributed by atoms with van der Waals surface area (Å²) >= 11 is 0. The summed E-state index contributed by atoms with van der Waals surface area (Å²) < 4.78 is 41.7. The first kappa shape index (κ1) is 14.6. The average molecular weight is 323 g/mol. The Kier molecular flexibility index (Phi) is 3.40. The first-order valence-electron chi connectivity index (χ1n) is 6.61. The number of hydrogen-bond acceptors (Lipinski definition) is 3. The van der Waals surface area contributed by atoms with Crippen LogP contribution in [-0.4, -0.2) is 37.4 Å². The molecule has 0 bridgehead atoms. The third-order valence-corrected chi connectivity index (χ3v) is 4.85. The third-order valence-electron chi connectivity index (χ3n) is 3.50. The number of likely N-dealkylation sites (N-methyl/N-ethyl adjacent to an activating group) is 1. The lowest BCUT2D eigenvalue weighted by molar-refractivity contribution is 0.0749. The smallest absolute Gasteiger partial charge is 0.270 e. The number of carbonyl (C=O) groups excluding carboxylic acids is 1. The van der Waals surface area contributed by atoms with Gasteiger partial charge in [-0.3, -0.25) is 9.52 Å². The van der Waals surface area contributed by atoms with Gasteiger partial charge in [0.2, 0.25) is 0 Å². The third kappa shape index (κ3) is 2.57. The van der Waals surface area contributed by atoms with Gasteiger partial charge >= 0.3 is 0 Å². The number of hydrogen-bond donors (Lipinski definition) is 1. The van der Waals surface area contributed by atoms with Crippen LogP contribution in [0.3, 0.4) is 0 Å². The van der Waals surface area contributed by atoms with Gasteiger partial charge in [-0.25, -0.2) is 12.8 Å². The van der Waals surface area contributed by atoms with Crippen LogP contribution in [0.4, 0.5) is 10.1 Å². The van der Waals surface area contributed by atoms with Crippen molar-refractivity contribution in [2.45, 2.75) is 11.4 Å². The Morgan fingerprint density at radius 3 is 2.73 bits per heavy atom. The molecule has 1 aromatic carbocycles. The van der Waals surface area contributed by atoms with E-state index in [0.29, 0.717) is 18.8 Å². The topological polar surface area (TPSA) is 71.4 Å². The lowest BCUT2D eigenvalue weighted by Crippen LogP contribution is -2.36. The standard InChI is InChI=1S/C14H14FN3O3S/c1-17-5-6-18-9-12(8-13(18)14(17)19)22(20,21)16-11-4-2-3-10(15)7-11/h2-4,7-9,16H,5-6H2,1H3. The SMILES string of the molecule is CN1CCn2cc(S(=O)(=O)Nc3cccc(F)c3)cc2C1=O. The Morgan fingerprint density at radius 2 is 2.00 bits per heavy atom. The van der Waals surface area contributed by atoms with Gasteiger partial charge in [0.05, 0.1) is 5.69 Å². The Morgan fingerprint density at radius 1 is 1.23 bits per heavy atom. The predicted molar refractivity (Wildman–Crippen MR) is 78.6 cm³/mol. The molecule has 6 nitrogen and oxygen atoms in total. The van der Waals surface area contributed by atoms with Crippen molar-refractivity contribution in [3.05, 3.63) is 48.0 Å². The highest BCUT2D eigenvalue weighted by atomic mass is 32.2. The number of nitrogens with zero attached hydrogens (tertiary/aromatic N) is 2. The highest BCUT2D eigenvalue weighted by Crippen LogP contribution is 2.22. The zero-order valence-corrected chi connectivity index (χ0v) is 12.6. The fourth-order valence-electron chi connectivity index (χ4n) is 2.32. The molecule has 1 aliphatic heterocycles. The Labute approximate surface area is 127 Å². The van der Waals surface area contributed by atoms with E-state index in [-0.39, 0.29) is 16.5 Å². The van der Waals surface area contributed by atoms with E-state index in [4.69, 9.17) is 0 Å². The number of halogens is 1.